The molecule has 0 heterocycles. The smallest absolute Gasteiger partial charge is 0.340 e. The number of carboxylic acids is 1. The van der Waals surface area contributed by atoms with Gasteiger partial charge in [0.05, 0.1) is 0 Å². The molecule has 3 aromatic rings. The van der Waals surface area contributed by atoms with Gasteiger partial charge in [0.2, 0.25) is 0 Å². The minimum Gasteiger partial charge on any atom is -0.490 e. The van der Waals surface area contributed by atoms with E-state index in [0.717, 1.165) is 16.7 Å². The molecular weight excluding hydrogens is 304 g/mol. The highest BCUT2D eigenvalue weighted by atomic mass is 16.5. The summed E-state index contributed by atoms with van der Waals surface area (Å²) in [6, 6.07) is 18.7. The van der Waals surface area contributed by atoms with Crippen molar-refractivity contribution in [3.63, 3.8) is 0 Å². The molecule has 0 fully saturated rings. The Morgan fingerprint density at radius 1 is 0.875 bits per heavy atom. The number of para-hydroxylation sites is 1. The van der Waals surface area contributed by atoms with E-state index in [-0.39, 0.29) is 12.2 Å². The summed E-state index contributed by atoms with van der Waals surface area (Å²) in [4.78, 5) is 11.6. The molecular formula is C20H18O4. The van der Waals surface area contributed by atoms with E-state index in [0.29, 0.717) is 17.7 Å². The standard InChI is InChI=1S/C20H18O4/c1-14-6-2-5-9-17(14)23-12-13-24-18-11-10-15-7-3-4-8-16(15)19(18)20(21)22/h2-11H,12-13H2,1H3,(H,21,22). The topological polar surface area (TPSA) is 55.8 Å². The highest BCUT2D eigenvalue weighted by Gasteiger charge is 2.15. The Bertz CT molecular complexity index is 870. The molecule has 0 aliphatic heterocycles. The van der Waals surface area contributed by atoms with Gasteiger partial charge in [-0.3, -0.25) is 0 Å². The molecule has 0 bridgehead atoms. The molecule has 0 atom stereocenters. The van der Waals surface area contributed by atoms with E-state index >= 15 is 0 Å². The van der Waals surface area contributed by atoms with Crippen molar-refractivity contribution in [2.45, 2.75) is 6.92 Å². The second-order valence-corrected chi connectivity index (χ2v) is 5.43. The van der Waals surface area contributed by atoms with Gasteiger partial charge in [0, 0.05) is 0 Å². The zero-order valence-corrected chi connectivity index (χ0v) is 13.4. The second kappa shape index (κ2) is 7.04. The molecule has 0 saturated heterocycles. The van der Waals surface area contributed by atoms with Gasteiger partial charge in [0.25, 0.3) is 0 Å². The highest BCUT2D eigenvalue weighted by molar-refractivity contribution is 6.06. The Kier molecular flexibility index (Phi) is 4.66. The van der Waals surface area contributed by atoms with Crippen molar-refractivity contribution in [2.75, 3.05) is 13.2 Å². The van der Waals surface area contributed by atoms with E-state index in [2.05, 4.69) is 0 Å². The molecule has 3 rings (SSSR count). The van der Waals surface area contributed by atoms with Gasteiger partial charge < -0.3 is 14.6 Å². The third kappa shape index (κ3) is 3.33. The van der Waals surface area contributed by atoms with Crippen LogP contribution < -0.4 is 9.47 Å². The molecule has 4 heteroatoms. The van der Waals surface area contributed by atoms with Crippen LogP contribution in [0.3, 0.4) is 0 Å². The summed E-state index contributed by atoms with van der Waals surface area (Å²) >= 11 is 0. The first kappa shape index (κ1) is 15.9. The van der Waals surface area contributed by atoms with Gasteiger partial charge in [0.15, 0.2) is 0 Å². The number of benzene rings is 3. The average molecular weight is 322 g/mol. The maximum Gasteiger partial charge on any atom is 0.340 e. The quantitative estimate of drug-likeness (QED) is 0.687. The maximum atomic E-state index is 11.6. The number of rotatable bonds is 6. The number of hydrogen-bond acceptors (Lipinski definition) is 3. The summed E-state index contributed by atoms with van der Waals surface area (Å²) in [6.45, 7) is 2.59. The van der Waals surface area contributed by atoms with Gasteiger partial charge in [-0.05, 0) is 35.4 Å². The predicted molar refractivity (Wildman–Crippen MR) is 93.1 cm³/mol. The van der Waals surface area contributed by atoms with Gasteiger partial charge in [0.1, 0.15) is 30.3 Å². The van der Waals surface area contributed by atoms with Gasteiger partial charge in [-0.25, -0.2) is 4.79 Å². The third-order valence-corrected chi connectivity index (χ3v) is 3.80. The van der Waals surface area contributed by atoms with Crippen molar-refractivity contribution in [3.8, 4) is 11.5 Å². The van der Waals surface area contributed by atoms with E-state index < -0.39 is 5.97 Å². The van der Waals surface area contributed by atoms with E-state index in [9.17, 15) is 9.90 Å². The van der Waals surface area contributed by atoms with Crippen molar-refractivity contribution in [3.05, 3.63) is 71.8 Å². The third-order valence-electron chi connectivity index (χ3n) is 3.80. The largest absolute Gasteiger partial charge is 0.490 e. The molecule has 0 unspecified atom stereocenters. The van der Waals surface area contributed by atoms with E-state index in [1.807, 2.05) is 55.5 Å². The second-order valence-electron chi connectivity index (χ2n) is 5.43. The minimum atomic E-state index is -0.998. The molecule has 3 aromatic carbocycles. The number of aryl methyl sites for hydroxylation is 1. The molecule has 0 aliphatic rings. The van der Waals surface area contributed by atoms with Gasteiger partial charge in [-0.2, -0.15) is 0 Å². The van der Waals surface area contributed by atoms with Gasteiger partial charge in [-0.1, -0.05) is 48.5 Å². The van der Waals surface area contributed by atoms with Crippen LogP contribution in [-0.2, 0) is 0 Å². The maximum absolute atomic E-state index is 11.6. The molecule has 4 nitrogen and oxygen atoms in total. The van der Waals surface area contributed by atoms with Gasteiger partial charge >= 0.3 is 5.97 Å². The summed E-state index contributed by atoms with van der Waals surface area (Å²) in [7, 11) is 0. The Balaban J connectivity index is 1.72. The lowest BCUT2D eigenvalue weighted by molar-refractivity contribution is 0.0693. The Morgan fingerprint density at radius 3 is 2.29 bits per heavy atom. The number of fused-ring (bicyclic) bond motifs is 1. The number of hydrogen-bond donors (Lipinski definition) is 1. The average Bonchev–Trinajstić information content (AvgIpc) is 2.59. The van der Waals surface area contributed by atoms with Crippen molar-refractivity contribution in [1.82, 2.24) is 0 Å². The summed E-state index contributed by atoms with van der Waals surface area (Å²) < 4.78 is 11.3. The minimum absolute atomic E-state index is 0.184. The lowest BCUT2D eigenvalue weighted by Crippen LogP contribution is -2.12. The molecule has 122 valence electrons. The summed E-state index contributed by atoms with van der Waals surface area (Å²) in [5, 5.41) is 11.1. The van der Waals surface area contributed by atoms with Crippen LogP contribution in [0.25, 0.3) is 10.8 Å². The SMILES string of the molecule is Cc1ccccc1OCCOc1ccc2ccccc2c1C(=O)O. The number of carbonyl (C=O) groups is 1. The van der Waals surface area contributed by atoms with Crippen LogP contribution in [-0.4, -0.2) is 24.3 Å². The number of ether oxygens (including phenoxy) is 2. The fourth-order valence-electron chi connectivity index (χ4n) is 2.61. The van der Waals surface area contributed by atoms with Gasteiger partial charge in [-0.15, -0.1) is 0 Å². The predicted octanol–water partition coefficient (Wildman–Crippen LogP) is 4.30. The molecule has 24 heavy (non-hydrogen) atoms. The number of carboxylic acid groups (broad SMARTS) is 1. The first-order valence-corrected chi connectivity index (χ1v) is 7.73. The van der Waals surface area contributed by atoms with Crippen molar-refractivity contribution in [1.29, 1.82) is 0 Å². The number of aromatic carboxylic acids is 1. The molecule has 0 radical (unpaired) electrons. The van der Waals surface area contributed by atoms with Crippen molar-refractivity contribution < 1.29 is 19.4 Å². The zero-order valence-electron chi connectivity index (χ0n) is 13.4. The van der Waals surface area contributed by atoms with E-state index in [4.69, 9.17) is 9.47 Å². The van der Waals surface area contributed by atoms with Crippen molar-refractivity contribution in [2.24, 2.45) is 0 Å². The molecule has 0 amide bonds. The first-order chi connectivity index (χ1) is 11.7. The first-order valence-electron chi connectivity index (χ1n) is 7.73. The van der Waals surface area contributed by atoms with Crippen LogP contribution in [0.5, 0.6) is 11.5 Å². The molecule has 0 saturated carbocycles. The fraction of sp³-hybridized carbons (Fsp3) is 0.150. The molecule has 0 aromatic heterocycles. The monoisotopic (exact) mass is 322 g/mol. The van der Waals surface area contributed by atoms with Crippen molar-refractivity contribution >= 4 is 16.7 Å². The Labute approximate surface area is 140 Å². The fourth-order valence-corrected chi connectivity index (χ4v) is 2.61. The van der Waals surface area contributed by atoms with E-state index in [1.165, 1.54) is 0 Å². The van der Waals surface area contributed by atoms with Crippen LogP contribution in [0, 0.1) is 6.92 Å². The summed E-state index contributed by atoms with van der Waals surface area (Å²) in [5.41, 5.74) is 1.23. The molecule has 0 aliphatic carbocycles. The zero-order chi connectivity index (χ0) is 16.9. The van der Waals surface area contributed by atoms with Crippen LogP contribution in [0.15, 0.2) is 60.7 Å². The normalized spacial score (nSPS) is 10.5. The molecule has 0 spiro atoms. The Hall–Kier alpha value is -3.01. The summed E-state index contributed by atoms with van der Waals surface area (Å²) in [6.07, 6.45) is 0. The van der Waals surface area contributed by atoms with Crippen LogP contribution in [0.4, 0.5) is 0 Å². The lowest BCUT2D eigenvalue weighted by atomic mass is 10.0. The van der Waals surface area contributed by atoms with Crippen LogP contribution in [0.2, 0.25) is 0 Å². The van der Waals surface area contributed by atoms with E-state index in [1.54, 1.807) is 12.1 Å². The lowest BCUT2D eigenvalue weighted by Gasteiger charge is -2.13. The molecule has 1 N–H and O–H groups in total. The Morgan fingerprint density at radius 2 is 1.54 bits per heavy atom. The summed E-state index contributed by atoms with van der Waals surface area (Å²) in [5.74, 6) is 0.161. The van der Waals surface area contributed by atoms with Crippen LogP contribution >= 0.6 is 0 Å². The highest BCUT2D eigenvalue weighted by Crippen LogP contribution is 2.28. The van der Waals surface area contributed by atoms with Crippen LogP contribution in [0.1, 0.15) is 15.9 Å².